The molecule has 0 radical (unpaired) electrons. The Hall–Kier alpha value is -6.03. The number of benzene rings is 4. The lowest BCUT2D eigenvalue weighted by molar-refractivity contribution is 0.0686. The van der Waals surface area contributed by atoms with Crippen LogP contribution in [0.3, 0.4) is 0 Å². The first-order valence-electron chi connectivity index (χ1n) is 11.5. The Kier molecular flexibility index (Phi) is 7.88. The first kappa shape index (κ1) is 26.0. The third-order valence-corrected chi connectivity index (χ3v) is 5.38. The van der Waals surface area contributed by atoms with Crippen LogP contribution in [0.15, 0.2) is 91.0 Å². The molecule has 0 atom stereocenters. The molecular formula is C33H18O6. The second-order valence-electron chi connectivity index (χ2n) is 8.20. The highest BCUT2D eigenvalue weighted by Crippen LogP contribution is 2.11. The van der Waals surface area contributed by atoms with Crippen molar-refractivity contribution in [3.63, 3.8) is 0 Å². The van der Waals surface area contributed by atoms with Gasteiger partial charge in [0.1, 0.15) is 0 Å². The van der Waals surface area contributed by atoms with Crippen molar-refractivity contribution in [2.45, 2.75) is 0 Å². The van der Waals surface area contributed by atoms with Crippen LogP contribution in [0.1, 0.15) is 64.5 Å². The molecule has 0 amide bonds. The molecule has 39 heavy (non-hydrogen) atoms. The Morgan fingerprint density at radius 2 is 0.564 bits per heavy atom. The van der Waals surface area contributed by atoms with E-state index in [1.165, 1.54) is 36.4 Å². The Morgan fingerprint density at radius 1 is 0.359 bits per heavy atom. The summed E-state index contributed by atoms with van der Waals surface area (Å²) < 4.78 is 0. The smallest absolute Gasteiger partial charge is 0.335 e. The Labute approximate surface area is 224 Å². The van der Waals surface area contributed by atoms with Crippen LogP contribution in [0.25, 0.3) is 0 Å². The van der Waals surface area contributed by atoms with Gasteiger partial charge in [-0.1, -0.05) is 35.5 Å². The van der Waals surface area contributed by atoms with Crippen LogP contribution in [0.5, 0.6) is 0 Å². The maximum absolute atomic E-state index is 11.1. The molecule has 0 aliphatic carbocycles. The van der Waals surface area contributed by atoms with Crippen LogP contribution in [-0.2, 0) is 0 Å². The summed E-state index contributed by atoms with van der Waals surface area (Å²) in [5.74, 6) is 15.2. The van der Waals surface area contributed by atoms with Crippen LogP contribution < -0.4 is 0 Å². The van der Waals surface area contributed by atoms with Crippen LogP contribution in [0.2, 0.25) is 0 Å². The highest BCUT2D eigenvalue weighted by atomic mass is 16.4. The molecule has 0 fully saturated rings. The van der Waals surface area contributed by atoms with Gasteiger partial charge < -0.3 is 15.3 Å². The average molecular weight is 511 g/mol. The lowest BCUT2D eigenvalue weighted by Gasteiger charge is -1.99. The van der Waals surface area contributed by atoms with Gasteiger partial charge in [0.25, 0.3) is 0 Å². The lowest BCUT2D eigenvalue weighted by atomic mass is 10.0. The normalized spacial score (nSPS) is 9.54. The molecule has 4 rings (SSSR count). The van der Waals surface area contributed by atoms with Gasteiger partial charge in [0.05, 0.1) is 16.7 Å². The quantitative estimate of drug-likeness (QED) is 0.335. The van der Waals surface area contributed by atoms with Crippen molar-refractivity contribution in [3.05, 3.63) is 141 Å². The zero-order valence-electron chi connectivity index (χ0n) is 20.2. The largest absolute Gasteiger partial charge is 0.478 e. The van der Waals surface area contributed by atoms with Crippen LogP contribution in [0.4, 0.5) is 0 Å². The predicted molar refractivity (Wildman–Crippen MR) is 145 cm³/mol. The van der Waals surface area contributed by atoms with Gasteiger partial charge in [-0.2, -0.15) is 0 Å². The number of carboxylic acid groups (broad SMARTS) is 3. The maximum atomic E-state index is 11.1. The van der Waals surface area contributed by atoms with E-state index in [9.17, 15) is 14.4 Å². The van der Waals surface area contributed by atoms with Gasteiger partial charge in [-0.25, -0.2) is 14.4 Å². The molecule has 0 bridgehead atoms. The molecule has 0 heterocycles. The fraction of sp³-hybridized carbons (Fsp3) is 0. The minimum absolute atomic E-state index is 0.170. The number of hydrogen-bond donors (Lipinski definition) is 3. The maximum Gasteiger partial charge on any atom is 0.335 e. The Balaban J connectivity index is 1.68. The molecule has 0 saturated carbocycles. The van der Waals surface area contributed by atoms with Crippen molar-refractivity contribution in [1.82, 2.24) is 0 Å². The summed E-state index contributed by atoms with van der Waals surface area (Å²) in [6, 6.07) is 24.0. The molecule has 0 unspecified atom stereocenters. The van der Waals surface area contributed by atoms with Crippen LogP contribution >= 0.6 is 0 Å². The third-order valence-electron chi connectivity index (χ3n) is 5.38. The molecule has 0 saturated heterocycles. The number of aromatic carboxylic acids is 3. The second kappa shape index (κ2) is 11.8. The molecule has 6 nitrogen and oxygen atoms in total. The van der Waals surface area contributed by atoms with E-state index in [-0.39, 0.29) is 16.7 Å². The van der Waals surface area contributed by atoms with E-state index < -0.39 is 17.9 Å². The predicted octanol–water partition coefficient (Wildman–Crippen LogP) is 4.98. The summed E-state index contributed by atoms with van der Waals surface area (Å²) in [6.45, 7) is 0. The summed E-state index contributed by atoms with van der Waals surface area (Å²) >= 11 is 0. The Bertz CT molecular complexity index is 1540. The van der Waals surface area contributed by atoms with Crippen molar-refractivity contribution in [3.8, 4) is 35.5 Å². The molecule has 186 valence electrons. The Morgan fingerprint density at radius 3 is 0.769 bits per heavy atom. The van der Waals surface area contributed by atoms with Crippen molar-refractivity contribution >= 4 is 17.9 Å². The van der Waals surface area contributed by atoms with E-state index in [0.29, 0.717) is 33.4 Å². The number of carbonyl (C=O) groups is 3. The second-order valence-corrected chi connectivity index (χ2v) is 8.20. The first-order valence-corrected chi connectivity index (χ1v) is 11.5. The third kappa shape index (κ3) is 7.24. The molecule has 0 aromatic heterocycles. The van der Waals surface area contributed by atoms with Crippen molar-refractivity contribution in [2.24, 2.45) is 0 Å². The summed E-state index contributed by atoms with van der Waals surface area (Å²) in [5, 5.41) is 27.2. The molecule has 0 spiro atoms. The van der Waals surface area contributed by atoms with Gasteiger partial charge in [0.2, 0.25) is 0 Å². The van der Waals surface area contributed by atoms with Gasteiger partial charge in [-0.3, -0.25) is 0 Å². The van der Waals surface area contributed by atoms with Gasteiger partial charge >= 0.3 is 17.9 Å². The van der Waals surface area contributed by atoms with E-state index in [4.69, 9.17) is 15.3 Å². The monoisotopic (exact) mass is 510 g/mol. The zero-order chi connectivity index (χ0) is 27.8. The van der Waals surface area contributed by atoms with Crippen molar-refractivity contribution in [2.75, 3.05) is 0 Å². The van der Waals surface area contributed by atoms with Crippen LogP contribution in [0, 0.1) is 35.5 Å². The molecular weight excluding hydrogens is 492 g/mol. The van der Waals surface area contributed by atoms with Gasteiger partial charge in [0, 0.05) is 33.4 Å². The van der Waals surface area contributed by atoms with E-state index in [1.54, 1.807) is 54.6 Å². The fourth-order valence-corrected chi connectivity index (χ4v) is 3.37. The fourth-order valence-electron chi connectivity index (χ4n) is 3.37. The minimum Gasteiger partial charge on any atom is -0.478 e. The standard InChI is InChI=1S/C33H18O6/c34-31(35)28-13-7-22(8-14-28)1-4-25-19-26(5-2-23-9-15-29(16-10-23)32(36)37)21-27(20-25)6-3-24-11-17-30(18-12-24)33(38)39/h7-21H,(H,34,35)(H,36,37)(H,38,39). The molecule has 6 heteroatoms. The first-order chi connectivity index (χ1) is 18.8. The summed E-state index contributed by atoms with van der Waals surface area (Å²) in [6.07, 6.45) is 0. The van der Waals surface area contributed by atoms with E-state index in [2.05, 4.69) is 35.5 Å². The molecule has 4 aromatic rings. The molecule has 0 aliphatic heterocycles. The SMILES string of the molecule is O=C(O)c1ccc(C#Cc2cc(C#Cc3ccc(C(=O)O)cc3)cc(C#Cc3ccc(C(=O)O)cc3)c2)cc1. The summed E-state index contributed by atoms with van der Waals surface area (Å²) in [4.78, 5) is 33.2. The number of rotatable bonds is 3. The van der Waals surface area contributed by atoms with Crippen molar-refractivity contribution in [1.29, 1.82) is 0 Å². The van der Waals surface area contributed by atoms with Crippen molar-refractivity contribution < 1.29 is 29.7 Å². The minimum atomic E-state index is -1.01. The molecule has 0 aliphatic rings. The van der Waals surface area contributed by atoms with E-state index in [0.717, 1.165) is 0 Å². The summed E-state index contributed by atoms with van der Waals surface area (Å²) in [5.41, 5.74) is 4.33. The van der Waals surface area contributed by atoms with Crippen LogP contribution in [-0.4, -0.2) is 33.2 Å². The van der Waals surface area contributed by atoms with E-state index in [1.807, 2.05) is 0 Å². The summed E-state index contributed by atoms with van der Waals surface area (Å²) in [7, 11) is 0. The lowest BCUT2D eigenvalue weighted by Crippen LogP contribution is -1.95. The molecule has 3 N–H and O–H groups in total. The van der Waals surface area contributed by atoms with Gasteiger partial charge in [-0.15, -0.1) is 0 Å². The highest BCUT2D eigenvalue weighted by Gasteiger charge is 2.03. The van der Waals surface area contributed by atoms with Gasteiger partial charge in [0.15, 0.2) is 0 Å². The molecule has 4 aromatic carbocycles. The van der Waals surface area contributed by atoms with E-state index >= 15 is 0 Å². The zero-order valence-corrected chi connectivity index (χ0v) is 20.2. The topological polar surface area (TPSA) is 112 Å². The number of carboxylic acids is 3. The average Bonchev–Trinajstić information content (AvgIpc) is 2.94. The highest BCUT2D eigenvalue weighted by molar-refractivity contribution is 5.88. The number of hydrogen-bond acceptors (Lipinski definition) is 3. The van der Waals surface area contributed by atoms with Gasteiger partial charge in [-0.05, 0) is 91.0 Å².